The topological polar surface area (TPSA) is 116 Å². The van der Waals surface area contributed by atoms with E-state index in [1.165, 1.54) is 128 Å². The van der Waals surface area contributed by atoms with Crippen molar-refractivity contribution in [1.29, 1.82) is 0 Å². The van der Waals surface area contributed by atoms with Gasteiger partial charge in [-0.25, -0.2) is 0 Å². The number of aliphatic carboxylic acids is 1. The van der Waals surface area contributed by atoms with Crippen LogP contribution in [-0.4, -0.2) is 69.3 Å². The van der Waals surface area contributed by atoms with E-state index in [0.717, 1.165) is 114 Å². The van der Waals surface area contributed by atoms with E-state index in [-0.39, 0.29) is 43.1 Å². The highest BCUT2D eigenvalue weighted by Gasteiger charge is 2.22. The van der Waals surface area contributed by atoms with E-state index < -0.39 is 11.9 Å². The molecule has 0 bridgehead atoms. The third-order valence-corrected chi connectivity index (χ3v) is 16.2. The number of carbonyl (C=O) groups is 4. The highest BCUT2D eigenvalue weighted by Crippen LogP contribution is 2.31. The van der Waals surface area contributed by atoms with E-state index in [2.05, 4.69) is 13.8 Å². The minimum Gasteiger partial charge on any atom is -0.481 e. The van der Waals surface area contributed by atoms with Gasteiger partial charge < -0.3 is 19.3 Å². The average molecular weight is 925 g/mol. The molecule has 0 aliphatic heterocycles. The van der Waals surface area contributed by atoms with Crippen LogP contribution in [-0.2, 0) is 33.4 Å². The molecule has 0 saturated heterocycles. The van der Waals surface area contributed by atoms with Crippen LogP contribution in [0.3, 0.4) is 0 Å². The molecule has 0 aromatic rings. The molecule has 2 fully saturated rings. The van der Waals surface area contributed by atoms with Gasteiger partial charge in [0, 0.05) is 34.8 Å². The van der Waals surface area contributed by atoms with Gasteiger partial charge in [-0.1, -0.05) is 155 Å². The molecule has 0 amide bonds. The fourth-order valence-corrected chi connectivity index (χ4v) is 11.9. The Kier molecular flexibility index (Phi) is 37.4. The van der Waals surface area contributed by atoms with Crippen molar-refractivity contribution >= 4 is 47.4 Å². The SMILES string of the molecule is CCCCCCCCCC(=O)OC(CCCCCCC(CCCCCCC(CSC1CCCCC1)OC(=O)CCCCCCCCC)OC(=O)CCC(=O)O)CSC1CCCCC1. The predicted octanol–water partition coefficient (Wildman–Crippen LogP) is 15.7. The van der Waals surface area contributed by atoms with Gasteiger partial charge in [0.25, 0.3) is 0 Å². The molecule has 0 spiro atoms. The summed E-state index contributed by atoms with van der Waals surface area (Å²) >= 11 is 4.03. The number of carboxylic acid groups (broad SMARTS) is 1. The van der Waals surface area contributed by atoms with Crippen LogP contribution in [0, 0.1) is 0 Å². The molecule has 2 aliphatic carbocycles. The lowest BCUT2D eigenvalue weighted by molar-refractivity contribution is -0.152. The Morgan fingerprint density at radius 1 is 0.413 bits per heavy atom. The Hall–Kier alpha value is -1.42. The van der Waals surface area contributed by atoms with Crippen molar-refractivity contribution in [2.75, 3.05) is 11.5 Å². The Morgan fingerprint density at radius 2 is 0.730 bits per heavy atom. The van der Waals surface area contributed by atoms with Crippen LogP contribution in [0.2, 0.25) is 0 Å². The molecular formula is C53H96O8S2. The van der Waals surface area contributed by atoms with Crippen LogP contribution in [0.4, 0.5) is 0 Å². The number of rotatable bonds is 42. The smallest absolute Gasteiger partial charge is 0.306 e. The van der Waals surface area contributed by atoms with Crippen molar-refractivity contribution in [2.24, 2.45) is 0 Å². The maximum atomic E-state index is 12.9. The van der Waals surface area contributed by atoms with Crippen molar-refractivity contribution in [3.8, 4) is 0 Å². The molecule has 63 heavy (non-hydrogen) atoms. The second-order valence-corrected chi connectivity index (χ2v) is 21.8. The summed E-state index contributed by atoms with van der Waals surface area (Å²) in [6, 6.07) is 0. The van der Waals surface area contributed by atoms with E-state index in [1.54, 1.807) is 0 Å². The molecule has 8 nitrogen and oxygen atoms in total. The number of carbonyl (C=O) groups excluding carboxylic acids is 3. The standard InChI is InChI=1S/C53H96O8S2/c1-3-5-7-9-11-13-29-39-51(56)60-46(43-62-48-35-25-19-26-36-48)33-23-17-15-21-31-45(59-53(58)42-41-50(54)55)32-22-16-18-24-34-47(44-63-49-37-27-20-28-38-49)61-52(57)40-30-14-12-10-8-6-4-2/h45-49H,3-44H2,1-2H3,(H,54,55). The minimum absolute atomic E-state index is 0.0233. The van der Waals surface area contributed by atoms with E-state index in [9.17, 15) is 19.2 Å². The number of hydrogen-bond donors (Lipinski definition) is 1. The first kappa shape index (κ1) is 57.7. The molecular weight excluding hydrogens is 829 g/mol. The van der Waals surface area contributed by atoms with Crippen LogP contribution in [0.1, 0.15) is 271 Å². The molecule has 10 heteroatoms. The van der Waals surface area contributed by atoms with Gasteiger partial charge in [0.2, 0.25) is 0 Å². The zero-order chi connectivity index (χ0) is 45.4. The minimum atomic E-state index is -0.985. The second kappa shape index (κ2) is 40.8. The van der Waals surface area contributed by atoms with Gasteiger partial charge in [0.05, 0.1) is 12.8 Å². The number of thioether (sulfide) groups is 2. The molecule has 2 unspecified atom stereocenters. The van der Waals surface area contributed by atoms with Gasteiger partial charge in [-0.2, -0.15) is 23.5 Å². The average Bonchev–Trinajstić information content (AvgIpc) is 3.28. The number of carboxylic acids is 1. The summed E-state index contributed by atoms with van der Waals surface area (Å²) in [5.41, 5.74) is 0. The van der Waals surface area contributed by atoms with E-state index in [1.807, 2.05) is 23.5 Å². The quantitative estimate of drug-likeness (QED) is 0.0360. The molecule has 2 atom stereocenters. The van der Waals surface area contributed by atoms with Gasteiger partial charge in [-0.3, -0.25) is 19.2 Å². The third-order valence-electron chi connectivity index (χ3n) is 13.2. The molecule has 0 aromatic heterocycles. The molecule has 1 N–H and O–H groups in total. The number of esters is 3. The normalized spacial score (nSPS) is 16.3. The summed E-state index contributed by atoms with van der Waals surface area (Å²) in [5.74, 6) is 0.322. The predicted molar refractivity (Wildman–Crippen MR) is 266 cm³/mol. The van der Waals surface area contributed by atoms with Gasteiger partial charge in [-0.15, -0.1) is 0 Å². The molecule has 0 aromatic carbocycles. The van der Waals surface area contributed by atoms with Crippen LogP contribution in [0.5, 0.6) is 0 Å². The lowest BCUT2D eigenvalue weighted by atomic mass is 10.0. The van der Waals surface area contributed by atoms with Crippen LogP contribution in [0.25, 0.3) is 0 Å². The molecule has 0 radical (unpaired) electrons. The van der Waals surface area contributed by atoms with Crippen molar-refractivity contribution in [3.63, 3.8) is 0 Å². The first-order valence-electron chi connectivity index (χ1n) is 26.8. The fraction of sp³-hybridized carbons (Fsp3) is 0.925. The van der Waals surface area contributed by atoms with Crippen molar-refractivity contribution in [3.05, 3.63) is 0 Å². The van der Waals surface area contributed by atoms with Gasteiger partial charge in [-0.05, 0) is 89.9 Å². The summed E-state index contributed by atoms with van der Waals surface area (Å²) in [6.45, 7) is 4.47. The lowest BCUT2D eigenvalue weighted by Gasteiger charge is -2.24. The van der Waals surface area contributed by atoms with Crippen molar-refractivity contribution in [1.82, 2.24) is 0 Å². The molecule has 368 valence electrons. The maximum Gasteiger partial charge on any atom is 0.306 e. The zero-order valence-corrected chi connectivity index (χ0v) is 42.3. The zero-order valence-electron chi connectivity index (χ0n) is 40.7. The summed E-state index contributed by atoms with van der Waals surface area (Å²) in [5, 5.41) is 10.5. The summed E-state index contributed by atoms with van der Waals surface area (Å²) < 4.78 is 18.1. The molecule has 2 rings (SSSR count). The Balaban J connectivity index is 1.77. The van der Waals surface area contributed by atoms with Crippen molar-refractivity contribution < 1.29 is 38.5 Å². The molecule has 2 aliphatic rings. The van der Waals surface area contributed by atoms with E-state index >= 15 is 0 Å². The monoisotopic (exact) mass is 925 g/mol. The number of ether oxygens (including phenoxy) is 3. The summed E-state index contributed by atoms with van der Waals surface area (Å²) in [7, 11) is 0. The largest absolute Gasteiger partial charge is 0.481 e. The Morgan fingerprint density at radius 3 is 1.11 bits per heavy atom. The highest BCUT2D eigenvalue weighted by molar-refractivity contribution is 8.00. The maximum absolute atomic E-state index is 12.9. The highest BCUT2D eigenvalue weighted by atomic mass is 32.2. The van der Waals surface area contributed by atoms with Crippen molar-refractivity contribution in [2.45, 2.75) is 299 Å². The number of unbranched alkanes of at least 4 members (excludes halogenated alkanes) is 18. The van der Waals surface area contributed by atoms with Crippen LogP contribution >= 0.6 is 23.5 Å². The fourth-order valence-electron chi connectivity index (χ4n) is 9.16. The van der Waals surface area contributed by atoms with Gasteiger partial charge >= 0.3 is 23.9 Å². The van der Waals surface area contributed by atoms with Gasteiger partial charge in [0.1, 0.15) is 18.3 Å². The van der Waals surface area contributed by atoms with Crippen LogP contribution in [0.15, 0.2) is 0 Å². The summed E-state index contributed by atoms with van der Waals surface area (Å²) in [6.07, 6.45) is 41.6. The van der Waals surface area contributed by atoms with Crippen LogP contribution < -0.4 is 0 Å². The first-order valence-corrected chi connectivity index (χ1v) is 28.9. The third kappa shape index (κ3) is 34.5. The first-order chi connectivity index (χ1) is 30.8. The second-order valence-electron chi connectivity index (χ2n) is 19.1. The van der Waals surface area contributed by atoms with E-state index in [4.69, 9.17) is 19.3 Å². The molecule has 2 saturated carbocycles. The summed E-state index contributed by atoms with van der Waals surface area (Å²) in [4.78, 5) is 49.5. The molecule has 0 heterocycles. The lowest BCUT2D eigenvalue weighted by Crippen LogP contribution is -2.23. The van der Waals surface area contributed by atoms with E-state index in [0.29, 0.717) is 23.3 Å². The van der Waals surface area contributed by atoms with Gasteiger partial charge in [0.15, 0.2) is 0 Å². The Labute approximate surface area is 395 Å². The Bertz CT molecular complexity index is 1050. The number of hydrogen-bond acceptors (Lipinski definition) is 9.